The topological polar surface area (TPSA) is 37.8 Å². The number of nitrogens with one attached hydrogen (secondary N) is 1. The molecular weight excluding hydrogens is 267 g/mol. The van der Waals surface area contributed by atoms with Crippen LogP contribution in [0.5, 0.6) is 0 Å². The Bertz CT molecular complexity index is 571. The van der Waals surface area contributed by atoms with E-state index in [1.54, 1.807) is 13.0 Å². The van der Waals surface area contributed by atoms with Gasteiger partial charge in [-0.25, -0.2) is 9.97 Å². The molecule has 0 saturated carbocycles. The van der Waals surface area contributed by atoms with E-state index in [-0.39, 0.29) is 0 Å². The Labute approximate surface area is 114 Å². The van der Waals surface area contributed by atoms with Crippen molar-refractivity contribution in [3.63, 3.8) is 0 Å². The minimum Gasteiger partial charge on any atom is -0.366 e. The number of aromatic nitrogens is 2. The second-order valence-electron chi connectivity index (χ2n) is 4.49. The van der Waals surface area contributed by atoms with Crippen LogP contribution in [0.25, 0.3) is 0 Å². The molecule has 1 heterocycles. The van der Waals surface area contributed by atoms with Crippen LogP contribution < -0.4 is 5.32 Å². The monoisotopic (exact) mass is 281 g/mol. The first-order valence-corrected chi connectivity index (χ1v) is 6.07. The maximum absolute atomic E-state index is 12.4. The molecule has 6 heteroatoms. The number of alkyl halides is 3. The minimum absolute atomic E-state index is 0.411. The van der Waals surface area contributed by atoms with Crippen LogP contribution in [0.2, 0.25) is 0 Å². The highest BCUT2D eigenvalue weighted by atomic mass is 19.4. The second-order valence-corrected chi connectivity index (χ2v) is 4.49. The molecule has 3 nitrogen and oxygen atoms in total. The molecule has 2 rings (SSSR count). The van der Waals surface area contributed by atoms with Crippen LogP contribution in [-0.2, 0) is 12.7 Å². The van der Waals surface area contributed by atoms with E-state index in [0.717, 1.165) is 23.4 Å². The highest BCUT2D eigenvalue weighted by Gasteiger charge is 2.29. The summed E-state index contributed by atoms with van der Waals surface area (Å²) in [6, 6.07) is 6.85. The lowest BCUT2D eigenvalue weighted by molar-refractivity contribution is -0.137. The molecule has 0 spiro atoms. The third-order valence-electron chi connectivity index (χ3n) is 2.72. The smallest absolute Gasteiger partial charge is 0.366 e. The summed E-state index contributed by atoms with van der Waals surface area (Å²) in [5.41, 5.74) is 0.953. The summed E-state index contributed by atoms with van der Waals surface area (Å²) < 4.78 is 37.3. The molecule has 1 aromatic heterocycles. The van der Waals surface area contributed by atoms with E-state index in [4.69, 9.17) is 0 Å². The summed E-state index contributed by atoms with van der Waals surface area (Å²) >= 11 is 0. The van der Waals surface area contributed by atoms with E-state index in [1.165, 1.54) is 12.1 Å². The van der Waals surface area contributed by atoms with Crippen LogP contribution >= 0.6 is 0 Å². The standard InChI is InChI=1S/C14H14F3N3/c1-9-7-13(20-10(2)19-9)18-8-11-3-5-12(6-4-11)14(15,16)17/h3-7H,8H2,1-2H3,(H,18,19,20). The van der Waals surface area contributed by atoms with Gasteiger partial charge in [0.1, 0.15) is 11.6 Å². The van der Waals surface area contributed by atoms with Crippen LogP contribution in [-0.4, -0.2) is 9.97 Å². The number of nitrogens with zero attached hydrogens (tertiary/aromatic N) is 2. The number of rotatable bonds is 3. The maximum atomic E-state index is 12.4. The van der Waals surface area contributed by atoms with Gasteiger partial charge in [0.2, 0.25) is 0 Å². The molecule has 0 amide bonds. The van der Waals surface area contributed by atoms with Crippen LogP contribution in [0.4, 0.5) is 19.0 Å². The maximum Gasteiger partial charge on any atom is 0.416 e. The Morgan fingerprint density at radius 1 is 1.05 bits per heavy atom. The Hall–Kier alpha value is -2.11. The average molecular weight is 281 g/mol. The van der Waals surface area contributed by atoms with Gasteiger partial charge in [-0.3, -0.25) is 0 Å². The first kappa shape index (κ1) is 14.3. The van der Waals surface area contributed by atoms with Crippen molar-refractivity contribution in [3.05, 3.63) is 53.0 Å². The first-order valence-electron chi connectivity index (χ1n) is 6.07. The molecule has 0 radical (unpaired) electrons. The highest BCUT2D eigenvalue weighted by molar-refractivity contribution is 5.37. The molecule has 2 aromatic rings. The van der Waals surface area contributed by atoms with E-state index in [1.807, 2.05) is 6.92 Å². The summed E-state index contributed by atoms with van der Waals surface area (Å²) in [5.74, 6) is 1.31. The summed E-state index contributed by atoms with van der Waals surface area (Å²) in [4.78, 5) is 8.36. The van der Waals surface area contributed by atoms with Crippen molar-refractivity contribution in [3.8, 4) is 0 Å². The molecule has 0 saturated heterocycles. The Morgan fingerprint density at radius 3 is 2.25 bits per heavy atom. The van der Waals surface area contributed by atoms with Gasteiger partial charge in [0.05, 0.1) is 5.56 Å². The molecule has 0 bridgehead atoms. The van der Waals surface area contributed by atoms with E-state index in [9.17, 15) is 13.2 Å². The van der Waals surface area contributed by atoms with Crippen LogP contribution in [0, 0.1) is 13.8 Å². The van der Waals surface area contributed by atoms with Gasteiger partial charge >= 0.3 is 6.18 Å². The molecule has 0 aliphatic heterocycles. The van der Waals surface area contributed by atoms with Crippen molar-refractivity contribution in [2.24, 2.45) is 0 Å². The number of halogens is 3. The fraction of sp³-hybridized carbons (Fsp3) is 0.286. The molecule has 1 aromatic carbocycles. The summed E-state index contributed by atoms with van der Waals surface area (Å²) in [7, 11) is 0. The Balaban J connectivity index is 2.04. The van der Waals surface area contributed by atoms with Gasteiger partial charge in [-0.2, -0.15) is 13.2 Å². The number of hydrogen-bond acceptors (Lipinski definition) is 3. The SMILES string of the molecule is Cc1cc(NCc2ccc(C(F)(F)F)cc2)nc(C)n1. The summed E-state index contributed by atoms with van der Waals surface area (Å²) in [6.07, 6.45) is -4.30. The fourth-order valence-electron chi connectivity index (χ4n) is 1.81. The number of hydrogen-bond donors (Lipinski definition) is 1. The van der Waals surface area contributed by atoms with E-state index in [0.29, 0.717) is 18.2 Å². The third-order valence-corrected chi connectivity index (χ3v) is 2.72. The normalized spacial score (nSPS) is 11.4. The minimum atomic E-state index is -4.30. The second kappa shape index (κ2) is 5.48. The zero-order valence-corrected chi connectivity index (χ0v) is 11.1. The van der Waals surface area contributed by atoms with Crippen molar-refractivity contribution in [2.45, 2.75) is 26.6 Å². The molecule has 0 aliphatic rings. The lowest BCUT2D eigenvalue weighted by atomic mass is 10.1. The van der Waals surface area contributed by atoms with Gasteiger partial charge in [0.15, 0.2) is 0 Å². The number of aryl methyl sites for hydroxylation is 2. The van der Waals surface area contributed by atoms with E-state index < -0.39 is 11.7 Å². The zero-order valence-electron chi connectivity index (χ0n) is 11.1. The summed E-state index contributed by atoms with van der Waals surface area (Å²) in [5, 5.41) is 3.07. The quantitative estimate of drug-likeness (QED) is 0.931. The molecule has 0 fully saturated rings. The molecule has 0 atom stereocenters. The Morgan fingerprint density at radius 2 is 1.70 bits per heavy atom. The van der Waals surface area contributed by atoms with Gasteiger partial charge < -0.3 is 5.32 Å². The fourth-order valence-corrected chi connectivity index (χ4v) is 1.81. The molecule has 0 aliphatic carbocycles. The van der Waals surface area contributed by atoms with Crippen molar-refractivity contribution in [1.29, 1.82) is 0 Å². The summed E-state index contributed by atoms with van der Waals surface area (Å²) in [6.45, 7) is 4.06. The van der Waals surface area contributed by atoms with Gasteiger partial charge in [0.25, 0.3) is 0 Å². The zero-order chi connectivity index (χ0) is 14.8. The molecule has 1 N–H and O–H groups in total. The van der Waals surface area contributed by atoms with Crippen molar-refractivity contribution >= 4 is 5.82 Å². The van der Waals surface area contributed by atoms with Crippen molar-refractivity contribution in [2.75, 3.05) is 5.32 Å². The molecular formula is C14H14F3N3. The van der Waals surface area contributed by atoms with E-state index >= 15 is 0 Å². The highest BCUT2D eigenvalue weighted by Crippen LogP contribution is 2.29. The third kappa shape index (κ3) is 3.69. The average Bonchev–Trinajstić information content (AvgIpc) is 2.35. The number of benzene rings is 1. The Kier molecular flexibility index (Phi) is 3.92. The number of anilines is 1. The molecule has 20 heavy (non-hydrogen) atoms. The van der Waals surface area contributed by atoms with Crippen LogP contribution in [0.1, 0.15) is 22.6 Å². The van der Waals surface area contributed by atoms with Crippen LogP contribution in [0.3, 0.4) is 0 Å². The molecule has 106 valence electrons. The van der Waals surface area contributed by atoms with Gasteiger partial charge in [-0.15, -0.1) is 0 Å². The van der Waals surface area contributed by atoms with Gasteiger partial charge in [-0.05, 0) is 31.5 Å². The van der Waals surface area contributed by atoms with Crippen molar-refractivity contribution in [1.82, 2.24) is 9.97 Å². The lowest BCUT2D eigenvalue weighted by Crippen LogP contribution is -2.06. The first-order chi connectivity index (χ1) is 9.34. The molecule has 0 unspecified atom stereocenters. The van der Waals surface area contributed by atoms with Crippen LogP contribution in [0.15, 0.2) is 30.3 Å². The van der Waals surface area contributed by atoms with Gasteiger partial charge in [0, 0.05) is 18.3 Å². The van der Waals surface area contributed by atoms with Crippen molar-refractivity contribution < 1.29 is 13.2 Å². The van der Waals surface area contributed by atoms with Gasteiger partial charge in [-0.1, -0.05) is 12.1 Å². The largest absolute Gasteiger partial charge is 0.416 e. The predicted molar refractivity (Wildman–Crippen MR) is 70.3 cm³/mol. The lowest BCUT2D eigenvalue weighted by Gasteiger charge is -2.09. The van der Waals surface area contributed by atoms with E-state index in [2.05, 4.69) is 15.3 Å². The predicted octanol–water partition coefficient (Wildman–Crippen LogP) is 3.72.